The van der Waals surface area contributed by atoms with E-state index in [1.807, 2.05) is 26.0 Å². The number of hydrogen-bond donors (Lipinski definition) is 3. The van der Waals surface area contributed by atoms with Gasteiger partial charge < -0.3 is 10.4 Å². The third kappa shape index (κ3) is 7.41. The van der Waals surface area contributed by atoms with Crippen LogP contribution in [0.3, 0.4) is 0 Å². The van der Waals surface area contributed by atoms with Crippen LogP contribution in [0.5, 0.6) is 0 Å². The molecule has 0 spiro atoms. The smallest absolute Gasteiger partial charge is 0.332 e. The first-order valence-corrected chi connectivity index (χ1v) is 13.2. The van der Waals surface area contributed by atoms with E-state index in [0.29, 0.717) is 34.7 Å². The molecule has 2 atom stereocenters. The third-order valence-electron chi connectivity index (χ3n) is 5.86. The van der Waals surface area contributed by atoms with Crippen LogP contribution in [0.15, 0.2) is 47.6 Å². The van der Waals surface area contributed by atoms with Gasteiger partial charge in [0.1, 0.15) is 5.82 Å². The second-order valence-electron chi connectivity index (χ2n) is 8.59. The molecule has 2 unspecified atom stereocenters. The highest BCUT2D eigenvalue weighted by Crippen LogP contribution is 2.32. The highest BCUT2D eigenvalue weighted by Gasteiger charge is 2.22. The lowest BCUT2D eigenvalue weighted by molar-refractivity contribution is -0.115. The van der Waals surface area contributed by atoms with Gasteiger partial charge in [-0.05, 0) is 59.6 Å². The molecule has 0 bridgehead atoms. The number of hydrogen-bond acceptors (Lipinski definition) is 7. The molecule has 2 aromatic carbocycles. The van der Waals surface area contributed by atoms with Crippen LogP contribution in [-0.4, -0.2) is 43.9 Å². The van der Waals surface area contributed by atoms with Gasteiger partial charge in [-0.1, -0.05) is 54.2 Å². The number of aliphatic imine (C=N–C) groups is 1. The Morgan fingerprint density at radius 3 is 2.53 bits per heavy atom. The lowest BCUT2D eigenvalue weighted by Gasteiger charge is -2.24. The highest BCUT2D eigenvalue weighted by atomic mass is 35.5. The normalized spacial score (nSPS) is 13.2. The summed E-state index contributed by atoms with van der Waals surface area (Å²) in [5.74, 6) is -1.10. The van der Waals surface area contributed by atoms with Gasteiger partial charge in [-0.15, -0.1) is 5.10 Å². The molecule has 38 heavy (non-hydrogen) atoms. The predicted octanol–water partition coefficient (Wildman–Crippen LogP) is 5.11. The molecule has 0 aliphatic rings. The maximum atomic E-state index is 15.2. The van der Waals surface area contributed by atoms with Gasteiger partial charge in [-0.25, -0.2) is 14.2 Å². The number of rotatable bonds is 10. The van der Waals surface area contributed by atoms with Crippen LogP contribution >= 0.6 is 23.1 Å². The van der Waals surface area contributed by atoms with Crippen LogP contribution in [0, 0.1) is 11.7 Å². The number of aliphatic hydroxyl groups is 1. The number of urea groups is 1. The Hall–Kier alpha value is -3.25. The van der Waals surface area contributed by atoms with Crippen molar-refractivity contribution in [1.29, 1.82) is 0 Å². The number of amides is 3. The van der Waals surface area contributed by atoms with Gasteiger partial charge in [-0.2, -0.15) is 5.43 Å². The summed E-state index contributed by atoms with van der Waals surface area (Å²) >= 11 is 7.22. The summed E-state index contributed by atoms with van der Waals surface area (Å²) < 4.78 is 18.9. The van der Waals surface area contributed by atoms with Gasteiger partial charge in [0, 0.05) is 30.6 Å². The first-order valence-electron chi connectivity index (χ1n) is 12.1. The largest absolute Gasteiger partial charge is 0.372 e. The third-order valence-corrected chi connectivity index (χ3v) is 6.80. The van der Waals surface area contributed by atoms with Crippen molar-refractivity contribution < 1.29 is 19.1 Å². The molecule has 0 fully saturated rings. The molecule has 12 heteroatoms. The SMILES string of the molecule is CCC(C)C(=NC(C)=O)c1c(F)cc(Cl)cc1-c1ccc(CNC(=O)N(CC)NC(O)c2cnns2)cc1. The van der Waals surface area contributed by atoms with Crippen LogP contribution in [0.4, 0.5) is 9.18 Å². The van der Waals surface area contributed by atoms with Gasteiger partial charge in [0.25, 0.3) is 0 Å². The van der Waals surface area contributed by atoms with E-state index in [-0.39, 0.29) is 23.0 Å². The maximum Gasteiger partial charge on any atom is 0.332 e. The van der Waals surface area contributed by atoms with Crippen molar-refractivity contribution >= 4 is 40.8 Å². The van der Waals surface area contributed by atoms with Gasteiger partial charge in [-0.3, -0.25) is 9.80 Å². The summed E-state index contributed by atoms with van der Waals surface area (Å²) in [5, 5.41) is 18.2. The van der Waals surface area contributed by atoms with Crippen LogP contribution in [0.1, 0.15) is 56.3 Å². The molecule has 0 aliphatic carbocycles. The Kier molecular flexibility index (Phi) is 10.4. The van der Waals surface area contributed by atoms with E-state index in [2.05, 4.69) is 25.3 Å². The van der Waals surface area contributed by atoms with Crippen LogP contribution < -0.4 is 10.7 Å². The molecule has 1 aromatic heterocycles. The number of aliphatic hydroxyl groups excluding tert-OH is 1. The Labute approximate surface area is 229 Å². The number of nitrogens with one attached hydrogen (secondary N) is 2. The Balaban J connectivity index is 1.79. The van der Waals surface area contributed by atoms with Crippen molar-refractivity contribution in [3.05, 3.63) is 69.4 Å². The molecule has 3 rings (SSSR count). The van der Waals surface area contributed by atoms with E-state index >= 15 is 4.39 Å². The number of benzene rings is 2. The fourth-order valence-electron chi connectivity index (χ4n) is 3.71. The lowest BCUT2D eigenvalue weighted by Crippen LogP contribution is -2.49. The fraction of sp³-hybridized carbons (Fsp3) is 0.346. The summed E-state index contributed by atoms with van der Waals surface area (Å²) in [6.45, 7) is 7.47. The molecule has 0 saturated carbocycles. The van der Waals surface area contributed by atoms with Crippen molar-refractivity contribution in [1.82, 2.24) is 25.3 Å². The summed E-state index contributed by atoms with van der Waals surface area (Å²) in [6, 6.07) is 9.67. The van der Waals surface area contributed by atoms with E-state index in [0.717, 1.165) is 17.1 Å². The molecule has 3 N–H and O–H groups in total. The quantitative estimate of drug-likeness (QED) is 0.180. The Morgan fingerprint density at radius 2 is 1.95 bits per heavy atom. The second-order valence-corrected chi connectivity index (χ2v) is 9.84. The maximum absolute atomic E-state index is 15.2. The second kappa shape index (κ2) is 13.5. The molecule has 0 saturated heterocycles. The number of halogens is 2. The average Bonchev–Trinajstić information content (AvgIpc) is 3.44. The van der Waals surface area contributed by atoms with Gasteiger partial charge >= 0.3 is 6.03 Å². The van der Waals surface area contributed by atoms with E-state index < -0.39 is 24.0 Å². The minimum Gasteiger partial charge on any atom is -0.372 e. The number of aromatic nitrogens is 2. The zero-order valence-electron chi connectivity index (χ0n) is 21.5. The van der Waals surface area contributed by atoms with Crippen LogP contribution in [-0.2, 0) is 11.3 Å². The summed E-state index contributed by atoms with van der Waals surface area (Å²) in [5.41, 5.74) is 5.36. The minimum absolute atomic E-state index is 0.149. The van der Waals surface area contributed by atoms with Crippen LogP contribution in [0.25, 0.3) is 11.1 Å². The molecule has 1 heterocycles. The molecule has 0 aliphatic heterocycles. The number of hydrazine groups is 1. The summed E-state index contributed by atoms with van der Waals surface area (Å²) in [6.07, 6.45) is 0.984. The van der Waals surface area contributed by atoms with Gasteiger partial charge in [0.15, 0.2) is 6.23 Å². The molecular formula is C26H30ClFN6O3S. The first kappa shape index (κ1) is 29.3. The Morgan fingerprint density at radius 1 is 1.24 bits per heavy atom. The predicted molar refractivity (Wildman–Crippen MR) is 146 cm³/mol. The van der Waals surface area contributed by atoms with Gasteiger partial charge in [0.05, 0.1) is 16.8 Å². The number of nitrogens with zero attached hydrogens (tertiary/aromatic N) is 4. The Bertz CT molecular complexity index is 1290. The van der Waals surface area contributed by atoms with E-state index in [4.69, 9.17) is 11.6 Å². The summed E-state index contributed by atoms with van der Waals surface area (Å²) in [7, 11) is 0. The fourth-order valence-corrected chi connectivity index (χ4v) is 4.35. The minimum atomic E-state index is -1.11. The van der Waals surface area contributed by atoms with Crippen molar-refractivity contribution in [2.24, 2.45) is 10.9 Å². The van der Waals surface area contributed by atoms with Crippen molar-refractivity contribution in [2.75, 3.05) is 6.54 Å². The molecular weight excluding hydrogens is 531 g/mol. The highest BCUT2D eigenvalue weighted by molar-refractivity contribution is 7.05. The van der Waals surface area contributed by atoms with Crippen molar-refractivity contribution in [3.8, 4) is 11.1 Å². The van der Waals surface area contributed by atoms with Crippen molar-refractivity contribution in [3.63, 3.8) is 0 Å². The molecule has 9 nitrogen and oxygen atoms in total. The van der Waals surface area contributed by atoms with Crippen LogP contribution in [0.2, 0.25) is 5.02 Å². The molecule has 3 aromatic rings. The average molecular weight is 561 g/mol. The van der Waals surface area contributed by atoms with E-state index in [9.17, 15) is 14.7 Å². The summed E-state index contributed by atoms with van der Waals surface area (Å²) in [4.78, 5) is 29.1. The first-order chi connectivity index (χ1) is 18.1. The topological polar surface area (TPSA) is 120 Å². The molecule has 0 radical (unpaired) electrons. The van der Waals surface area contributed by atoms with Gasteiger partial charge in [0.2, 0.25) is 5.91 Å². The zero-order valence-corrected chi connectivity index (χ0v) is 23.1. The lowest BCUT2D eigenvalue weighted by atomic mass is 9.89. The molecule has 3 amide bonds. The van der Waals surface area contributed by atoms with E-state index in [1.54, 1.807) is 25.1 Å². The van der Waals surface area contributed by atoms with E-state index in [1.165, 1.54) is 24.2 Å². The monoisotopic (exact) mass is 560 g/mol. The standard InChI is InChI=1S/C26H30ClFN6O3S/c1-5-15(3)24(31-16(4)35)23-20(11-19(27)12-21(23)28)18-9-7-17(8-10-18)13-29-26(37)34(6-2)32-25(36)22-14-30-33-38-22/h7-12,14-15,25,32,36H,5-6,13H2,1-4H3,(H,29,37). The molecule has 202 valence electrons. The van der Waals surface area contributed by atoms with Crippen molar-refractivity contribution in [2.45, 2.75) is 46.9 Å². The number of carbonyl (C=O) groups excluding carboxylic acids is 2. The number of carbonyl (C=O) groups is 2. The zero-order chi connectivity index (χ0) is 27.8.